The molecular weight excluding hydrogens is 365 g/mol. The van der Waals surface area contributed by atoms with E-state index in [0.29, 0.717) is 0 Å². The van der Waals surface area contributed by atoms with Crippen molar-refractivity contribution in [3.05, 3.63) is 71.5 Å². The fourth-order valence-corrected chi connectivity index (χ4v) is 2.43. The summed E-state index contributed by atoms with van der Waals surface area (Å²) in [6.45, 7) is 4.98. The van der Waals surface area contributed by atoms with Crippen LogP contribution in [0.5, 0.6) is 0 Å². The number of carbonyl (C=O) groups excluding carboxylic acids is 2. The molecule has 2 aromatic rings. The molecule has 2 aromatic carbocycles. The number of aliphatic hydroxyl groups excluding tert-OH is 1. The zero-order chi connectivity index (χ0) is 20.7. The van der Waals surface area contributed by atoms with Crippen LogP contribution >= 0.6 is 0 Å². The summed E-state index contributed by atoms with van der Waals surface area (Å²) in [5.41, 5.74) is 0.162. The third-order valence-corrected chi connectivity index (χ3v) is 3.66. The van der Waals surface area contributed by atoms with Gasteiger partial charge in [0.2, 0.25) is 0 Å². The molecule has 0 heterocycles. The van der Waals surface area contributed by atoms with Crippen molar-refractivity contribution in [2.24, 2.45) is 0 Å². The summed E-state index contributed by atoms with van der Waals surface area (Å²) in [7, 11) is 0. The third-order valence-electron chi connectivity index (χ3n) is 3.66. The van der Waals surface area contributed by atoms with Crippen LogP contribution in [0.3, 0.4) is 0 Å². The SMILES string of the molecule is CC(C)(C)OC(=O)N[C@@H](c1cccc(F)c1)[C@@H](O)C(=O)OCc1ccccc1. The van der Waals surface area contributed by atoms with Crippen molar-refractivity contribution in [3.8, 4) is 0 Å². The van der Waals surface area contributed by atoms with E-state index in [9.17, 15) is 19.1 Å². The quantitative estimate of drug-likeness (QED) is 0.739. The number of amides is 1. The van der Waals surface area contributed by atoms with Crippen LogP contribution in [0.2, 0.25) is 0 Å². The van der Waals surface area contributed by atoms with Crippen LogP contribution in [0.4, 0.5) is 9.18 Å². The van der Waals surface area contributed by atoms with Gasteiger partial charge in [0.25, 0.3) is 0 Å². The summed E-state index contributed by atoms with van der Waals surface area (Å²) in [4.78, 5) is 24.5. The first-order valence-corrected chi connectivity index (χ1v) is 8.79. The predicted octanol–water partition coefficient (Wildman–Crippen LogP) is 3.50. The van der Waals surface area contributed by atoms with Gasteiger partial charge in [0, 0.05) is 0 Å². The lowest BCUT2D eigenvalue weighted by Crippen LogP contribution is -2.43. The summed E-state index contributed by atoms with van der Waals surface area (Å²) in [5.74, 6) is -1.52. The van der Waals surface area contributed by atoms with Gasteiger partial charge in [0.05, 0.1) is 6.04 Å². The highest BCUT2D eigenvalue weighted by Crippen LogP contribution is 2.21. The molecule has 7 heteroatoms. The number of benzene rings is 2. The van der Waals surface area contributed by atoms with Crippen LogP contribution in [0.25, 0.3) is 0 Å². The Morgan fingerprint density at radius 3 is 2.39 bits per heavy atom. The maximum atomic E-state index is 13.6. The molecule has 2 N–H and O–H groups in total. The third kappa shape index (κ3) is 6.66. The molecule has 0 spiro atoms. The topological polar surface area (TPSA) is 84.9 Å². The van der Waals surface area contributed by atoms with Gasteiger partial charge in [0.15, 0.2) is 6.10 Å². The number of carbonyl (C=O) groups is 2. The molecule has 6 nitrogen and oxygen atoms in total. The minimum Gasteiger partial charge on any atom is -0.459 e. The first kappa shape index (κ1) is 21.4. The summed E-state index contributed by atoms with van der Waals surface area (Å²) in [6.07, 6.45) is -2.60. The lowest BCUT2D eigenvalue weighted by atomic mass is 10.0. The van der Waals surface area contributed by atoms with Crippen molar-refractivity contribution in [2.75, 3.05) is 0 Å². The lowest BCUT2D eigenvalue weighted by Gasteiger charge is -2.26. The normalized spacial score (nSPS) is 13.3. The number of hydrogen-bond donors (Lipinski definition) is 2. The molecule has 0 aliphatic rings. The van der Waals surface area contributed by atoms with E-state index in [-0.39, 0.29) is 12.2 Å². The second kappa shape index (κ2) is 9.32. The molecule has 150 valence electrons. The number of alkyl carbamates (subject to hydrolysis) is 1. The van der Waals surface area contributed by atoms with Crippen LogP contribution in [0.15, 0.2) is 54.6 Å². The highest BCUT2D eigenvalue weighted by atomic mass is 19.1. The van der Waals surface area contributed by atoms with E-state index in [2.05, 4.69) is 5.32 Å². The van der Waals surface area contributed by atoms with E-state index >= 15 is 0 Å². The first-order valence-electron chi connectivity index (χ1n) is 8.79. The molecule has 0 aliphatic carbocycles. The largest absolute Gasteiger partial charge is 0.459 e. The monoisotopic (exact) mass is 389 g/mol. The lowest BCUT2D eigenvalue weighted by molar-refractivity contribution is -0.156. The molecule has 28 heavy (non-hydrogen) atoms. The van der Waals surface area contributed by atoms with E-state index in [1.165, 1.54) is 18.2 Å². The minimum atomic E-state index is -1.75. The van der Waals surface area contributed by atoms with Gasteiger partial charge in [-0.05, 0) is 44.0 Å². The average Bonchev–Trinajstić information content (AvgIpc) is 2.63. The number of esters is 1. The van der Waals surface area contributed by atoms with Gasteiger partial charge >= 0.3 is 12.1 Å². The number of halogens is 1. The Hall–Kier alpha value is -2.93. The summed E-state index contributed by atoms with van der Waals surface area (Å²) in [6, 6.07) is 12.9. The Morgan fingerprint density at radius 2 is 1.79 bits per heavy atom. The second-order valence-corrected chi connectivity index (χ2v) is 7.22. The van der Waals surface area contributed by atoms with Crippen LogP contribution < -0.4 is 5.32 Å². The van der Waals surface area contributed by atoms with Crippen LogP contribution in [0.1, 0.15) is 37.9 Å². The molecule has 1 amide bonds. The van der Waals surface area contributed by atoms with Crippen LogP contribution in [0, 0.1) is 5.82 Å². The van der Waals surface area contributed by atoms with Gasteiger partial charge in [-0.1, -0.05) is 42.5 Å². The smallest absolute Gasteiger partial charge is 0.408 e. The minimum absolute atomic E-state index is 0.0426. The Morgan fingerprint density at radius 1 is 1.11 bits per heavy atom. The molecule has 0 radical (unpaired) electrons. The van der Waals surface area contributed by atoms with Gasteiger partial charge in [-0.15, -0.1) is 0 Å². The highest BCUT2D eigenvalue weighted by molar-refractivity contribution is 5.77. The van der Waals surface area contributed by atoms with E-state index in [1.54, 1.807) is 45.0 Å². The zero-order valence-corrected chi connectivity index (χ0v) is 16.0. The number of rotatable bonds is 6. The average molecular weight is 389 g/mol. The molecule has 0 saturated carbocycles. The van der Waals surface area contributed by atoms with Crippen molar-refractivity contribution in [1.82, 2.24) is 5.32 Å². The van der Waals surface area contributed by atoms with Crippen molar-refractivity contribution in [1.29, 1.82) is 0 Å². The van der Waals surface area contributed by atoms with E-state index in [0.717, 1.165) is 11.6 Å². The maximum absolute atomic E-state index is 13.6. The number of nitrogens with one attached hydrogen (secondary N) is 1. The Balaban J connectivity index is 2.14. The zero-order valence-electron chi connectivity index (χ0n) is 16.0. The van der Waals surface area contributed by atoms with Crippen LogP contribution in [-0.4, -0.2) is 28.9 Å². The molecule has 0 bridgehead atoms. The standard InChI is InChI=1S/C21H24FNO5/c1-21(2,3)28-20(26)23-17(15-10-7-11-16(22)12-15)18(24)19(25)27-13-14-8-5-4-6-9-14/h4-12,17-18,24H,13H2,1-3H3,(H,23,26)/t17-,18+/m0/s1. The molecule has 0 saturated heterocycles. The number of hydrogen-bond acceptors (Lipinski definition) is 5. The molecule has 2 atom stereocenters. The summed E-state index contributed by atoms with van der Waals surface area (Å²) < 4.78 is 23.9. The van der Waals surface area contributed by atoms with Crippen LogP contribution in [-0.2, 0) is 20.9 Å². The van der Waals surface area contributed by atoms with Crippen molar-refractivity contribution < 1.29 is 28.6 Å². The van der Waals surface area contributed by atoms with E-state index in [1.807, 2.05) is 6.07 Å². The van der Waals surface area contributed by atoms with E-state index in [4.69, 9.17) is 9.47 Å². The van der Waals surface area contributed by atoms with Crippen molar-refractivity contribution in [3.63, 3.8) is 0 Å². The van der Waals surface area contributed by atoms with Gasteiger partial charge in [-0.2, -0.15) is 0 Å². The molecule has 0 fully saturated rings. The second-order valence-electron chi connectivity index (χ2n) is 7.22. The first-order chi connectivity index (χ1) is 13.2. The summed E-state index contributed by atoms with van der Waals surface area (Å²) >= 11 is 0. The Kier molecular flexibility index (Phi) is 7.12. The molecule has 0 aliphatic heterocycles. The summed E-state index contributed by atoms with van der Waals surface area (Å²) in [5, 5.41) is 12.9. The van der Waals surface area contributed by atoms with Gasteiger partial charge < -0.3 is 19.9 Å². The number of ether oxygens (including phenoxy) is 2. The molecular formula is C21H24FNO5. The van der Waals surface area contributed by atoms with Crippen molar-refractivity contribution in [2.45, 2.75) is 45.1 Å². The van der Waals surface area contributed by atoms with Gasteiger partial charge in [-0.3, -0.25) is 0 Å². The Labute approximate surface area is 163 Å². The number of aliphatic hydroxyl groups is 1. The molecule has 0 unspecified atom stereocenters. The predicted molar refractivity (Wildman–Crippen MR) is 101 cm³/mol. The van der Waals surface area contributed by atoms with Crippen molar-refractivity contribution >= 4 is 12.1 Å². The highest BCUT2D eigenvalue weighted by Gasteiger charge is 2.32. The fourth-order valence-electron chi connectivity index (χ4n) is 2.43. The van der Waals surface area contributed by atoms with Gasteiger partial charge in [-0.25, -0.2) is 14.0 Å². The Bertz CT molecular complexity index is 804. The molecule has 2 rings (SSSR count). The van der Waals surface area contributed by atoms with Gasteiger partial charge in [0.1, 0.15) is 18.0 Å². The van der Waals surface area contributed by atoms with E-state index < -0.39 is 35.6 Å². The maximum Gasteiger partial charge on any atom is 0.408 e. The fraction of sp³-hybridized carbons (Fsp3) is 0.333. The molecule has 0 aromatic heterocycles.